The van der Waals surface area contributed by atoms with Gasteiger partial charge < -0.3 is 14.2 Å². The smallest absolute Gasteiger partial charge is 0.262 e. The summed E-state index contributed by atoms with van der Waals surface area (Å²) in [5.74, 6) is -1.96. The number of nitrogens with one attached hydrogen (secondary N) is 1. The van der Waals surface area contributed by atoms with E-state index in [0.29, 0.717) is 57.0 Å². The highest BCUT2D eigenvalue weighted by Crippen LogP contribution is 2.30. The van der Waals surface area contributed by atoms with Crippen LogP contribution in [0.2, 0.25) is 0 Å². The Bertz CT molecular complexity index is 855. The number of rotatable bonds is 13. The molecule has 0 spiro atoms. The predicted octanol–water partition coefficient (Wildman–Crippen LogP) is 1.48. The van der Waals surface area contributed by atoms with Crippen molar-refractivity contribution >= 4 is 23.6 Å². The van der Waals surface area contributed by atoms with Crippen LogP contribution in [0.3, 0.4) is 0 Å². The molecule has 1 saturated heterocycles. The van der Waals surface area contributed by atoms with Gasteiger partial charge in [-0.3, -0.25) is 29.4 Å². The molecule has 1 fully saturated rings. The molecular formula is C23H30N2O7. The highest BCUT2D eigenvalue weighted by Gasteiger charge is 2.45. The third-order valence-corrected chi connectivity index (χ3v) is 5.38. The van der Waals surface area contributed by atoms with Gasteiger partial charge in [0.1, 0.15) is 6.04 Å². The number of benzene rings is 1. The molecule has 2 heterocycles. The average Bonchev–Trinajstić information content (AvgIpc) is 3.03. The molecule has 0 saturated carbocycles. The molecule has 3 rings (SSSR count). The summed E-state index contributed by atoms with van der Waals surface area (Å²) in [5.41, 5.74) is 1.40. The Kier molecular flexibility index (Phi) is 8.90. The van der Waals surface area contributed by atoms with E-state index < -0.39 is 29.7 Å². The topological polar surface area (TPSA) is 111 Å². The van der Waals surface area contributed by atoms with Gasteiger partial charge in [0.2, 0.25) is 11.8 Å². The van der Waals surface area contributed by atoms with Crippen molar-refractivity contribution in [1.29, 1.82) is 0 Å². The lowest BCUT2D eigenvalue weighted by Crippen LogP contribution is -2.54. The monoisotopic (exact) mass is 446 g/mol. The molecule has 1 N–H and O–H groups in total. The van der Waals surface area contributed by atoms with Gasteiger partial charge in [-0.05, 0) is 37.3 Å². The Morgan fingerprint density at radius 1 is 0.938 bits per heavy atom. The lowest BCUT2D eigenvalue weighted by Gasteiger charge is -2.27. The maximum absolute atomic E-state index is 13.0. The molecule has 1 aromatic carbocycles. The van der Waals surface area contributed by atoms with E-state index in [1.165, 1.54) is 0 Å². The summed E-state index contributed by atoms with van der Waals surface area (Å²) in [6.07, 6.45) is 2.48. The van der Waals surface area contributed by atoms with Crippen LogP contribution in [0.25, 0.3) is 0 Å². The SMILES string of the molecule is CCCOCCOCCOCCCc1cccc2c1C(=O)N(C1CCC(=O)NC1=O)C2=O. The van der Waals surface area contributed by atoms with Gasteiger partial charge in [0.25, 0.3) is 11.8 Å². The van der Waals surface area contributed by atoms with Crippen molar-refractivity contribution in [3.05, 3.63) is 34.9 Å². The number of ether oxygens (including phenoxy) is 3. The first-order chi connectivity index (χ1) is 15.5. The van der Waals surface area contributed by atoms with Crippen molar-refractivity contribution in [3.63, 3.8) is 0 Å². The van der Waals surface area contributed by atoms with Crippen molar-refractivity contribution < 1.29 is 33.4 Å². The summed E-state index contributed by atoms with van der Waals surface area (Å²) in [6.45, 7) is 5.38. The van der Waals surface area contributed by atoms with E-state index in [2.05, 4.69) is 12.2 Å². The highest BCUT2D eigenvalue weighted by atomic mass is 16.5. The largest absolute Gasteiger partial charge is 0.379 e. The molecule has 1 aromatic rings. The van der Waals surface area contributed by atoms with Crippen molar-refractivity contribution in [3.8, 4) is 0 Å². The number of carbonyl (C=O) groups is 4. The van der Waals surface area contributed by atoms with Crippen LogP contribution in [0.15, 0.2) is 18.2 Å². The van der Waals surface area contributed by atoms with Crippen LogP contribution in [0.4, 0.5) is 0 Å². The van der Waals surface area contributed by atoms with E-state index in [1.807, 2.05) is 6.07 Å². The molecule has 0 radical (unpaired) electrons. The Morgan fingerprint density at radius 2 is 1.62 bits per heavy atom. The standard InChI is InChI=1S/C23H30N2O7/c1-2-10-30-12-14-32-15-13-31-11-4-6-16-5-3-7-17-20(16)23(29)25(22(17)28)18-8-9-19(26)24-21(18)27/h3,5,7,18H,2,4,6,8-15H2,1H3,(H,24,26,27). The summed E-state index contributed by atoms with van der Waals surface area (Å²) in [6, 6.07) is 4.20. The quantitative estimate of drug-likeness (QED) is 0.361. The van der Waals surface area contributed by atoms with E-state index in [-0.39, 0.29) is 12.8 Å². The van der Waals surface area contributed by atoms with E-state index in [1.54, 1.807) is 12.1 Å². The zero-order valence-corrected chi connectivity index (χ0v) is 18.4. The normalized spacial score (nSPS) is 18.3. The van der Waals surface area contributed by atoms with Crippen LogP contribution in [0.5, 0.6) is 0 Å². The zero-order chi connectivity index (χ0) is 22.9. The number of carbonyl (C=O) groups excluding carboxylic acids is 4. The molecule has 9 nitrogen and oxygen atoms in total. The number of fused-ring (bicyclic) bond motifs is 1. The molecule has 174 valence electrons. The maximum atomic E-state index is 13.0. The molecule has 0 aromatic heterocycles. The Hall–Kier alpha value is -2.62. The lowest BCUT2D eigenvalue weighted by molar-refractivity contribution is -0.136. The number of hydrogen-bond acceptors (Lipinski definition) is 7. The number of nitrogens with zero attached hydrogens (tertiary/aromatic N) is 1. The number of piperidine rings is 1. The van der Waals surface area contributed by atoms with Gasteiger partial charge in [-0.25, -0.2) is 0 Å². The number of amides is 4. The lowest BCUT2D eigenvalue weighted by atomic mass is 9.99. The summed E-state index contributed by atoms with van der Waals surface area (Å²) in [5, 5.41) is 2.21. The molecule has 2 aliphatic rings. The fourth-order valence-corrected chi connectivity index (χ4v) is 3.84. The third-order valence-electron chi connectivity index (χ3n) is 5.38. The summed E-state index contributed by atoms with van der Waals surface area (Å²) < 4.78 is 16.3. The van der Waals surface area contributed by atoms with E-state index in [9.17, 15) is 19.2 Å². The van der Waals surface area contributed by atoms with Gasteiger partial charge in [0.05, 0.1) is 37.6 Å². The Labute approximate surface area is 187 Å². The van der Waals surface area contributed by atoms with Crippen molar-refractivity contribution in [1.82, 2.24) is 10.2 Å². The minimum Gasteiger partial charge on any atom is -0.379 e. The van der Waals surface area contributed by atoms with Crippen LogP contribution in [-0.2, 0) is 30.2 Å². The van der Waals surface area contributed by atoms with Gasteiger partial charge in [0.15, 0.2) is 0 Å². The summed E-state index contributed by atoms with van der Waals surface area (Å²) in [7, 11) is 0. The van der Waals surface area contributed by atoms with E-state index in [4.69, 9.17) is 14.2 Å². The van der Waals surface area contributed by atoms with Crippen LogP contribution < -0.4 is 5.32 Å². The van der Waals surface area contributed by atoms with E-state index >= 15 is 0 Å². The third kappa shape index (κ3) is 5.79. The highest BCUT2D eigenvalue weighted by molar-refractivity contribution is 6.24. The molecule has 1 atom stereocenters. The summed E-state index contributed by atoms with van der Waals surface area (Å²) >= 11 is 0. The number of hydrogen-bond donors (Lipinski definition) is 1. The molecule has 2 aliphatic heterocycles. The van der Waals surface area contributed by atoms with Crippen LogP contribution in [0.1, 0.15) is 58.9 Å². The minimum absolute atomic E-state index is 0.101. The first-order valence-electron chi connectivity index (χ1n) is 11.1. The molecule has 9 heteroatoms. The predicted molar refractivity (Wildman–Crippen MR) is 114 cm³/mol. The summed E-state index contributed by atoms with van der Waals surface area (Å²) in [4.78, 5) is 50.5. The van der Waals surface area contributed by atoms with Crippen LogP contribution >= 0.6 is 0 Å². The van der Waals surface area contributed by atoms with Crippen LogP contribution in [0, 0.1) is 0 Å². The molecule has 4 amide bonds. The van der Waals surface area contributed by atoms with Crippen molar-refractivity contribution in [2.75, 3.05) is 39.6 Å². The zero-order valence-electron chi connectivity index (χ0n) is 18.4. The molecular weight excluding hydrogens is 416 g/mol. The second-order valence-corrected chi connectivity index (χ2v) is 7.73. The average molecular weight is 447 g/mol. The van der Waals surface area contributed by atoms with Crippen molar-refractivity contribution in [2.24, 2.45) is 0 Å². The first-order valence-corrected chi connectivity index (χ1v) is 11.1. The number of aryl methyl sites for hydroxylation is 1. The number of imide groups is 2. The molecule has 0 aliphatic carbocycles. The second-order valence-electron chi connectivity index (χ2n) is 7.73. The molecule has 0 bridgehead atoms. The fourth-order valence-electron chi connectivity index (χ4n) is 3.84. The van der Waals surface area contributed by atoms with Gasteiger partial charge in [-0.15, -0.1) is 0 Å². The van der Waals surface area contributed by atoms with E-state index in [0.717, 1.165) is 23.5 Å². The molecule has 1 unspecified atom stereocenters. The molecule has 32 heavy (non-hydrogen) atoms. The Morgan fingerprint density at radius 3 is 2.31 bits per heavy atom. The maximum Gasteiger partial charge on any atom is 0.262 e. The van der Waals surface area contributed by atoms with Crippen molar-refractivity contribution in [2.45, 2.75) is 45.1 Å². The van der Waals surface area contributed by atoms with Crippen LogP contribution in [-0.4, -0.2) is 74.2 Å². The van der Waals surface area contributed by atoms with Gasteiger partial charge in [-0.2, -0.15) is 0 Å². The fraction of sp³-hybridized carbons (Fsp3) is 0.565. The first kappa shape index (κ1) is 24.0. The van der Waals surface area contributed by atoms with Gasteiger partial charge in [0, 0.05) is 19.6 Å². The Balaban J connectivity index is 1.47. The van der Waals surface area contributed by atoms with Gasteiger partial charge >= 0.3 is 0 Å². The minimum atomic E-state index is -0.955. The van der Waals surface area contributed by atoms with Gasteiger partial charge in [-0.1, -0.05) is 19.1 Å². The second kappa shape index (κ2) is 11.8.